The van der Waals surface area contributed by atoms with Gasteiger partial charge in [0.1, 0.15) is 18.3 Å². The zero-order valence-corrected chi connectivity index (χ0v) is 8.17. The SMILES string of the molecule is CCNC[C@@H](O)[C@@H](O)[C@H](O)[C@H](O)CO. The van der Waals surface area contributed by atoms with Gasteiger partial charge in [-0.2, -0.15) is 0 Å². The monoisotopic (exact) mass is 209 g/mol. The Balaban J connectivity index is 3.95. The minimum absolute atomic E-state index is 0.118. The predicted molar refractivity (Wildman–Crippen MR) is 49.7 cm³/mol. The summed E-state index contributed by atoms with van der Waals surface area (Å²) < 4.78 is 0. The molecule has 0 aromatic rings. The van der Waals surface area contributed by atoms with Gasteiger partial charge in [-0.15, -0.1) is 0 Å². The average molecular weight is 209 g/mol. The van der Waals surface area contributed by atoms with Crippen LogP contribution in [0.25, 0.3) is 0 Å². The fraction of sp³-hybridized carbons (Fsp3) is 1.00. The van der Waals surface area contributed by atoms with Crippen LogP contribution in [-0.2, 0) is 0 Å². The van der Waals surface area contributed by atoms with E-state index in [0.29, 0.717) is 6.54 Å². The van der Waals surface area contributed by atoms with Crippen LogP contribution >= 0.6 is 0 Å². The molecule has 0 aliphatic carbocycles. The normalized spacial score (nSPS) is 20.1. The van der Waals surface area contributed by atoms with Gasteiger partial charge in [0, 0.05) is 6.54 Å². The fourth-order valence-electron chi connectivity index (χ4n) is 0.976. The number of rotatable bonds is 7. The molecule has 0 aromatic heterocycles. The van der Waals surface area contributed by atoms with E-state index in [0.717, 1.165) is 0 Å². The highest BCUT2D eigenvalue weighted by atomic mass is 16.4. The van der Waals surface area contributed by atoms with Gasteiger partial charge in [-0.05, 0) is 6.54 Å². The van der Waals surface area contributed by atoms with E-state index in [9.17, 15) is 15.3 Å². The van der Waals surface area contributed by atoms with Crippen molar-refractivity contribution >= 4 is 0 Å². The lowest BCUT2D eigenvalue weighted by atomic mass is 10.0. The minimum atomic E-state index is -1.55. The van der Waals surface area contributed by atoms with Crippen molar-refractivity contribution in [3.05, 3.63) is 0 Å². The van der Waals surface area contributed by atoms with E-state index in [1.165, 1.54) is 0 Å². The minimum Gasteiger partial charge on any atom is -0.394 e. The molecule has 0 spiro atoms. The Morgan fingerprint density at radius 3 is 1.93 bits per heavy atom. The molecule has 4 atom stereocenters. The van der Waals surface area contributed by atoms with Crippen molar-refractivity contribution in [1.29, 1.82) is 0 Å². The third kappa shape index (κ3) is 4.32. The Hall–Kier alpha value is -0.240. The van der Waals surface area contributed by atoms with Crippen LogP contribution in [0.3, 0.4) is 0 Å². The van der Waals surface area contributed by atoms with Crippen LogP contribution in [0.1, 0.15) is 6.92 Å². The van der Waals surface area contributed by atoms with E-state index in [1.54, 1.807) is 0 Å². The molecule has 86 valence electrons. The second-order valence-corrected chi connectivity index (χ2v) is 3.11. The van der Waals surface area contributed by atoms with Crippen LogP contribution in [0, 0.1) is 0 Å². The highest BCUT2D eigenvalue weighted by Crippen LogP contribution is 2.04. The first-order valence-electron chi connectivity index (χ1n) is 4.58. The van der Waals surface area contributed by atoms with Gasteiger partial charge in [0.15, 0.2) is 0 Å². The molecule has 0 fully saturated rings. The molecule has 0 radical (unpaired) electrons. The molecule has 0 saturated carbocycles. The highest BCUT2D eigenvalue weighted by Gasteiger charge is 2.29. The van der Waals surface area contributed by atoms with Crippen LogP contribution in [0.4, 0.5) is 0 Å². The largest absolute Gasteiger partial charge is 0.394 e. The van der Waals surface area contributed by atoms with Gasteiger partial charge in [0.25, 0.3) is 0 Å². The number of nitrogens with one attached hydrogen (secondary N) is 1. The maximum absolute atomic E-state index is 9.30. The lowest BCUT2D eigenvalue weighted by Gasteiger charge is -2.25. The van der Waals surface area contributed by atoms with E-state index >= 15 is 0 Å². The van der Waals surface area contributed by atoms with Gasteiger partial charge in [-0.1, -0.05) is 6.92 Å². The van der Waals surface area contributed by atoms with E-state index in [4.69, 9.17) is 10.2 Å². The van der Waals surface area contributed by atoms with Crippen LogP contribution < -0.4 is 5.32 Å². The number of aliphatic hydroxyl groups excluding tert-OH is 5. The van der Waals surface area contributed by atoms with Crippen LogP contribution in [0.15, 0.2) is 0 Å². The Labute approximate surface area is 82.8 Å². The van der Waals surface area contributed by atoms with Crippen molar-refractivity contribution < 1.29 is 25.5 Å². The second-order valence-electron chi connectivity index (χ2n) is 3.11. The Morgan fingerprint density at radius 2 is 1.50 bits per heavy atom. The second kappa shape index (κ2) is 7.10. The zero-order valence-electron chi connectivity index (χ0n) is 8.17. The van der Waals surface area contributed by atoms with Gasteiger partial charge in [-0.25, -0.2) is 0 Å². The van der Waals surface area contributed by atoms with Crippen molar-refractivity contribution in [2.24, 2.45) is 0 Å². The summed E-state index contributed by atoms with van der Waals surface area (Å²) in [7, 11) is 0. The van der Waals surface area contributed by atoms with Crippen molar-refractivity contribution in [2.45, 2.75) is 31.3 Å². The fourth-order valence-corrected chi connectivity index (χ4v) is 0.976. The number of likely N-dealkylation sites (N-methyl/N-ethyl adjacent to an activating group) is 1. The van der Waals surface area contributed by atoms with E-state index < -0.39 is 31.0 Å². The van der Waals surface area contributed by atoms with Crippen LogP contribution in [-0.4, -0.2) is 69.6 Å². The first-order valence-corrected chi connectivity index (χ1v) is 4.58. The predicted octanol–water partition coefficient (Wildman–Crippen LogP) is -2.97. The topological polar surface area (TPSA) is 113 Å². The molecule has 0 saturated heterocycles. The van der Waals surface area contributed by atoms with Gasteiger partial charge in [0.2, 0.25) is 0 Å². The maximum atomic E-state index is 9.30. The molecule has 0 heterocycles. The standard InChI is InChI=1S/C8H19NO5/c1-2-9-3-5(11)7(13)8(14)6(12)4-10/h5-14H,2-4H2,1H3/t5-,6-,7-,8-/m1/s1. The molecule has 14 heavy (non-hydrogen) atoms. The summed E-state index contributed by atoms with van der Waals surface area (Å²) in [5.41, 5.74) is 0. The van der Waals surface area contributed by atoms with Crippen LogP contribution in [0.5, 0.6) is 0 Å². The summed E-state index contributed by atoms with van der Waals surface area (Å²) in [6.07, 6.45) is -5.64. The summed E-state index contributed by atoms with van der Waals surface area (Å²) in [5.74, 6) is 0. The first kappa shape index (κ1) is 13.8. The molecule has 0 bridgehead atoms. The number of aliphatic hydroxyl groups is 5. The summed E-state index contributed by atoms with van der Waals surface area (Å²) in [6, 6.07) is 0. The summed E-state index contributed by atoms with van der Waals surface area (Å²) in [4.78, 5) is 0. The van der Waals surface area contributed by atoms with Crippen molar-refractivity contribution in [1.82, 2.24) is 5.32 Å². The maximum Gasteiger partial charge on any atom is 0.111 e. The molecule has 0 unspecified atom stereocenters. The number of hydrogen-bond acceptors (Lipinski definition) is 6. The molecule has 0 rings (SSSR count). The Kier molecular flexibility index (Phi) is 6.98. The lowest BCUT2D eigenvalue weighted by Crippen LogP contribution is -2.49. The number of hydrogen-bond donors (Lipinski definition) is 6. The molecule has 6 heteroatoms. The van der Waals surface area contributed by atoms with Crippen molar-refractivity contribution in [2.75, 3.05) is 19.7 Å². The van der Waals surface area contributed by atoms with Crippen molar-refractivity contribution in [3.63, 3.8) is 0 Å². The molecule has 0 aliphatic rings. The molecule has 0 aromatic carbocycles. The van der Waals surface area contributed by atoms with E-state index in [-0.39, 0.29) is 6.54 Å². The molecule has 0 aliphatic heterocycles. The third-order valence-electron chi connectivity index (χ3n) is 1.93. The Morgan fingerprint density at radius 1 is 1.00 bits per heavy atom. The third-order valence-corrected chi connectivity index (χ3v) is 1.93. The Bertz CT molecular complexity index is 146. The first-order chi connectivity index (χ1) is 6.54. The lowest BCUT2D eigenvalue weighted by molar-refractivity contribution is -0.113. The summed E-state index contributed by atoms with van der Waals surface area (Å²) >= 11 is 0. The smallest absolute Gasteiger partial charge is 0.111 e. The van der Waals surface area contributed by atoms with Gasteiger partial charge < -0.3 is 30.8 Å². The average Bonchev–Trinajstić information content (AvgIpc) is 2.22. The quantitative estimate of drug-likeness (QED) is 0.267. The van der Waals surface area contributed by atoms with E-state index in [1.807, 2.05) is 6.92 Å². The van der Waals surface area contributed by atoms with E-state index in [2.05, 4.69) is 5.32 Å². The van der Waals surface area contributed by atoms with Gasteiger partial charge >= 0.3 is 0 Å². The van der Waals surface area contributed by atoms with Gasteiger partial charge in [-0.3, -0.25) is 0 Å². The molecular formula is C8H19NO5. The molecule has 0 amide bonds. The molecular weight excluding hydrogens is 190 g/mol. The molecule has 6 N–H and O–H groups in total. The van der Waals surface area contributed by atoms with Gasteiger partial charge in [0.05, 0.1) is 12.7 Å². The molecule has 6 nitrogen and oxygen atoms in total. The zero-order chi connectivity index (χ0) is 11.1. The highest BCUT2D eigenvalue weighted by molar-refractivity contribution is 4.81. The summed E-state index contributed by atoms with van der Waals surface area (Å²) in [6.45, 7) is 1.92. The van der Waals surface area contributed by atoms with Crippen LogP contribution in [0.2, 0.25) is 0 Å². The van der Waals surface area contributed by atoms with Crippen molar-refractivity contribution in [3.8, 4) is 0 Å². The summed E-state index contributed by atoms with van der Waals surface area (Å²) in [5, 5.41) is 48.1.